The number of anilines is 2. The second kappa shape index (κ2) is 60.0. The van der Waals surface area contributed by atoms with Gasteiger partial charge in [-0.1, -0.05) is 121 Å². The molecule has 11 atom stereocenters. The van der Waals surface area contributed by atoms with Crippen LogP contribution in [0.3, 0.4) is 0 Å². The predicted molar refractivity (Wildman–Crippen MR) is 508 cm³/mol. The van der Waals surface area contributed by atoms with Gasteiger partial charge in [-0.3, -0.25) is 81.9 Å². The predicted octanol–water partition coefficient (Wildman–Crippen LogP) is 1.08. The number of H-pyrrole nitrogens is 1. The van der Waals surface area contributed by atoms with Gasteiger partial charge < -0.3 is 128 Å². The number of amides is 7. The molecular formula is C92H139N19O28. The van der Waals surface area contributed by atoms with Gasteiger partial charge in [-0.05, 0) is 117 Å². The molecule has 2 aromatic heterocycles. The van der Waals surface area contributed by atoms with Gasteiger partial charge >= 0.3 is 29.9 Å². The van der Waals surface area contributed by atoms with Crippen molar-refractivity contribution in [2.45, 2.75) is 254 Å². The van der Waals surface area contributed by atoms with E-state index in [1.54, 1.807) is 111 Å². The number of guanidine groups is 1. The van der Waals surface area contributed by atoms with Gasteiger partial charge in [-0.15, -0.1) is 0 Å². The molecule has 0 radical (unpaired) electrons. The number of hydrogen-bond acceptors (Lipinski definition) is 33. The molecule has 5 aromatic rings. The zero-order chi connectivity index (χ0) is 106. The minimum Gasteiger partial charge on any atom is -0.508 e. The number of hydrogen-bond donors (Lipinski definition) is 24. The summed E-state index contributed by atoms with van der Waals surface area (Å²) in [7, 11) is 0. The number of fused-ring (bicyclic) bond motifs is 1. The normalized spacial score (nSPS) is 13.6. The Balaban J connectivity index is 0.000000907. The molecule has 5 rings (SSSR count). The van der Waals surface area contributed by atoms with Crippen LogP contribution in [-0.2, 0) is 96.0 Å². The maximum Gasteiger partial charge on any atom is 0.326 e. The molecule has 47 nitrogen and oxygen atoms in total. The van der Waals surface area contributed by atoms with Gasteiger partial charge in [0, 0.05) is 83.9 Å². The Morgan fingerprint density at radius 1 is 0.511 bits per heavy atom. The number of carboxylic acids is 4. The fourth-order valence-corrected chi connectivity index (χ4v) is 12.0. The van der Waals surface area contributed by atoms with Crippen molar-refractivity contribution in [1.82, 2.24) is 51.8 Å². The molecule has 0 fully saturated rings. The van der Waals surface area contributed by atoms with Crippen LogP contribution in [0.15, 0.2) is 88.8 Å². The Hall–Kier alpha value is -13.9. The number of aromatic amines is 1. The molecule has 2 heterocycles. The first-order valence-electron chi connectivity index (χ1n) is 44.3. The van der Waals surface area contributed by atoms with Crippen molar-refractivity contribution in [3.63, 3.8) is 0 Å². The Bertz CT molecular complexity index is 5020. The van der Waals surface area contributed by atoms with Gasteiger partial charge in [-0.2, -0.15) is 4.98 Å². The Kier molecular flexibility index (Phi) is 53.1. The molecule has 0 saturated carbocycles. The van der Waals surface area contributed by atoms with Crippen molar-refractivity contribution in [2.24, 2.45) is 78.8 Å². The summed E-state index contributed by atoms with van der Waals surface area (Å²) in [4.78, 5) is 232. The van der Waals surface area contributed by atoms with E-state index in [-0.39, 0.29) is 165 Å². The molecule has 31 N–H and O–H groups in total. The molecule has 7 amide bonds. The lowest BCUT2D eigenvalue weighted by atomic mass is 9.83. The molecule has 0 bridgehead atoms. The number of ketones is 6. The fourth-order valence-electron chi connectivity index (χ4n) is 12.0. The zero-order valence-electron chi connectivity index (χ0n) is 80.8. The summed E-state index contributed by atoms with van der Waals surface area (Å²) in [5, 5.41) is 100. The summed E-state index contributed by atoms with van der Waals surface area (Å²) in [6.45, 7) is 23.6. The number of aliphatic imine (C=N–C) groups is 1. The zero-order valence-corrected chi connectivity index (χ0v) is 80.8. The maximum absolute atomic E-state index is 13.5. The van der Waals surface area contributed by atoms with Crippen LogP contribution in [0.1, 0.15) is 208 Å². The summed E-state index contributed by atoms with van der Waals surface area (Å²) in [6.07, 6.45) is 0.909. The lowest BCUT2D eigenvalue weighted by molar-refractivity contribution is -0.141. The number of benzene rings is 3. The standard InChI is InChI=1S/C32H45N3O7.C23H27N7O5.C15H24N2O8.C13H26N6O5.C9H17NO3/c1-19(2)14-26(29(40)32(3,4)5)34-31(42)27(18-36)35-30(41)22(15-20-6-10-23(37)11-7-20)17-28(39)25(33)16-21-8-12-24(38)13-9-21;1-23(2,3)16(31)9-8-15(21(34)35)28-19(32)12-4-6-13(7-5-12)25-10-14-11-26-18-17(27-14)20(33)30-22(24)29-18;1-15(2,3)10(19)5-4-9(13(22)23)16-14(24)17-11(25-8-18)6-7-12(20)21;14-8(2-1-3-18-13(16)17)12(24)19-9(6-21)10(22)4-7(5-20)11(15)23;1-9(2,3)7(11)5-4-6(10)8(12)13/h6-13,19,22,25-27,36-38H,14-18,33H2,1-5H3,(H,34,42)(H,35,41);4-7,11,15,25H,8-10H2,1-3H3,(H,28,32)(H,34,35)(H3,24,26,29,30,33);8-9,11H,4-7H2,1-3H3,(H,20,21)(H,22,23)(H2,16,17,24);7-9,20-21H,1-6,14H2,(H2,15,23)(H,19,24)(H4,16,17,18);6H,4-5,10H2,1-3H3,(H,12,13)/t22-,25+,26+,27+;15-;9-,11+;7-,8-,9-;6-/m00010/s1. The van der Waals surface area contributed by atoms with E-state index in [1.165, 1.54) is 30.5 Å². The molecule has 0 aliphatic rings. The number of aliphatic carboxylic acids is 4. The monoisotopic (exact) mass is 1960 g/mol. The van der Waals surface area contributed by atoms with Crippen LogP contribution >= 0.6 is 0 Å². The van der Waals surface area contributed by atoms with Crippen LogP contribution in [0.25, 0.3) is 11.2 Å². The first kappa shape index (κ1) is 123. The molecule has 47 heteroatoms. The molecule has 0 spiro atoms. The Morgan fingerprint density at radius 2 is 1.00 bits per heavy atom. The van der Waals surface area contributed by atoms with Gasteiger partial charge in [-0.25, -0.2) is 24.4 Å². The third-order valence-corrected chi connectivity index (χ3v) is 20.5. The molecule has 770 valence electrons. The van der Waals surface area contributed by atoms with Gasteiger partial charge in [0.1, 0.15) is 59.1 Å². The number of phenols is 2. The second-order valence-electron chi connectivity index (χ2n) is 37.0. The van der Waals surface area contributed by atoms with Gasteiger partial charge in [0.05, 0.1) is 68.7 Å². The van der Waals surface area contributed by atoms with Crippen LogP contribution in [0.2, 0.25) is 0 Å². The number of rotatable bonds is 51. The van der Waals surface area contributed by atoms with Crippen molar-refractivity contribution < 1.29 is 132 Å². The number of nitrogen functional groups attached to an aromatic ring is 1. The van der Waals surface area contributed by atoms with E-state index in [0.717, 1.165) is 5.56 Å². The van der Waals surface area contributed by atoms with Gasteiger partial charge in [0.15, 0.2) is 40.7 Å². The molecule has 3 aromatic carbocycles. The van der Waals surface area contributed by atoms with Crippen molar-refractivity contribution in [1.29, 1.82) is 0 Å². The molecule has 0 aliphatic heterocycles. The highest BCUT2D eigenvalue weighted by Crippen LogP contribution is 2.26. The number of phenolic OH excluding ortho intramolecular Hbond substituents is 2. The quantitative estimate of drug-likeness (QED) is 0.00851. The van der Waals surface area contributed by atoms with E-state index in [9.17, 15) is 112 Å². The lowest BCUT2D eigenvalue weighted by Gasteiger charge is -2.28. The number of primary amides is 1. The number of carbonyl (C=O) groups is 17. The van der Waals surface area contributed by atoms with E-state index >= 15 is 0 Å². The van der Waals surface area contributed by atoms with Gasteiger partial charge in [0.2, 0.25) is 29.6 Å². The van der Waals surface area contributed by atoms with Crippen molar-refractivity contribution in [3.8, 4) is 11.5 Å². The number of ether oxygens (including phenoxy) is 1. The number of aliphatic hydroxyl groups excluding tert-OH is 3. The van der Waals surface area contributed by atoms with Crippen molar-refractivity contribution in [3.05, 3.63) is 112 Å². The lowest BCUT2D eigenvalue weighted by Crippen LogP contribution is -2.55. The highest BCUT2D eigenvalue weighted by atomic mass is 16.5. The Labute approximate surface area is 803 Å². The van der Waals surface area contributed by atoms with Crippen LogP contribution in [0.5, 0.6) is 11.5 Å². The largest absolute Gasteiger partial charge is 0.508 e. The minimum absolute atomic E-state index is 0.00849. The molecule has 0 unspecified atom stereocenters. The number of carbonyl (C=O) groups excluding carboxylic acids is 13. The number of carboxylic acid groups (broad SMARTS) is 4. The third-order valence-electron chi connectivity index (χ3n) is 20.5. The summed E-state index contributed by atoms with van der Waals surface area (Å²) in [5.41, 5.74) is 38.2. The minimum atomic E-state index is -1.34. The van der Waals surface area contributed by atoms with E-state index in [4.69, 9.17) is 60.6 Å². The van der Waals surface area contributed by atoms with Crippen molar-refractivity contribution in [2.75, 3.05) is 37.4 Å². The van der Waals surface area contributed by atoms with Gasteiger partial charge in [0.25, 0.3) is 17.9 Å². The summed E-state index contributed by atoms with van der Waals surface area (Å²) in [5.74, 6) is -11.3. The molecule has 0 saturated heterocycles. The van der Waals surface area contributed by atoms with Crippen LogP contribution < -0.4 is 82.9 Å². The van der Waals surface area contributed by atoms with Crippen LogP contribution in [0, 0.1) is 39.4 Å². The topological polar surface area (TPSA) is 832 Å². The molecule has 0 aliphatic carbocycles. The van der Waals surface area contributed by atoms with Crippen LogP contribution in [-0.4, -0.2) is 253 Å². The third kappa shape index (κ3) is 49.1. The maximum atomic E-state index is 13.5. The SMILES string of the molecule is CC(C)(C)C(=O)CC[C@H](N)C(=O)O.CC(C)(C)C(=O)CC[C@H](NC(=O)N[C@@H](CCC(=O)O)OC=O)C(=O)O.CC(C)(C)C(=O)CC[C@H](NC(=O)c1ccc(NCc2cnc3nc(N)[nH]c(=O)c3n2)cc1)C(=O)O.CC(C)C[C@@H](NC(=O)[C@@H](CO)NC(=O)[C@H](CC(=O)[C@H](N)Cc1ccc(O)cc1)Cc1ccc(O)cc1)C(=O)C(C)(C)C.NC(=O)[C@@H](CO)CC(=O)[C@@H](CO)NC(=O)[C@H](N)CCCN=C(N)N. The summed E-state index contributed by atoms with van der Waals surface area (Å²) >= 11 is 0. The molecular weight excluding hydrogens is 1820 g/mol. The fraction of sp³-hybridized carbons (Fsp3) is 0.543. The average molecular weight is 1960 g/mol. The first-order valence-corrected chi connectivity index (χ1v) is 44.3. The number of urea groups is 1. The Morgan fingerprint density at radius 3 is 1.45 bits per heavy atom. The summed E-state index contributed by atoms with van der Waals surface area (Å²) in [6, 6.07) is 9.31. The smallest absolute Gasteiger partial charge is 0.326 e. The highest BCUT2D eigenvalue weighted by Gasteiger charge is 2.37. The van der Waals surface area contributed by atoms with Crippen LogP contribution in [0.4, 0.5) is 16.4 Å². The van der Waals surface area contributed by atoms with E-state index in [2.05, 4.69) is 66.9 Å². The van der Waals surface area contributed by atoms with E-state index < -0.39 is 185 Å². The van der Waals surface area contributed by atoms with E-state index in [0.29, 0.717) is 36.3 Å². The number of nitrogens with zero attached hydrogens (tertiary/aromatic N) is 4. The number of aliphatic hydroxyl groups is 3. The van der Waals surface area contributed by atoms with Crippen molar-refractivity contribution >= 4 is 129 Å². The number of nitrogens with one attached hydrogen (secondary N) is 8. The van der Waals surface area contributed by atoms with E-state index in [1.807, 2.05) is 34.6 Å². The molecule has 139 heavy (non-hydrogen) atoms. The second-order valence-corrected chi connectivity index (χ2v) is 37.0. The number of nitrogens with two attached hydrogens (primary N) is 7. The number of aromatic hydroxyl groups is 2. The number of aromatic nitrogens is 4. The highest BCUT2D eigenvalue weighted by molar-refractivity contribution is 5.99. The number of Topliss-reactive ketones (excluding diaryl/α,β-unsaturated/α-hetero) is 6. The summed E-state index contributed by atoms with van der Waals surface area (Å²) < 4.78 is 4.53. The average Bonchev–Trinajstić information content (AvgIpc) is 0.596. The first-order chi connectivity index (χ1) is 64.5.